The number of aromatic nitrogens is 1. The van der Waals surface area contributed by atoms with Crippen molar-refractivity contribution in [1.82, 2.24) is 9.88 Å². The summed E-state index contributed by atoms with van der Waals surface area (Å²) >= 11 is 6.11. The van der Waals surface area contributed by atoms with E-state index in [9.17, 15) is 4.79 Å². The summed E-state index contributed by atoms with van der Waals surface area (Å²) in [6.45, 7) is 3.22. The first-order valence-corrected chi connectivity index (χ1v) is 8.20. The lowest BCUT2D eigenvalue weighted by Gasteiger charge is -2.31. The number of carbonyl (C=O) groups excluding carboxylic acids is 1. The zero-order chi connectivity index (χ0) is 16.2. The maximum absolute atomic E-state index is 12.4. The summed E-state index contributed by atoms with van der Waals surface area (Å²) in [7, 11) is 0. The van der Waals surface area contributed by atoms with Crippen molar-refractivity contribution in [2.45, 2.75) is 32.3 Å². The van der Waals surface area contributed by atoms with E-state index in [0.29, 0.717) is 41.9 Å². The predicted octanol–water partition coefficient (Wildman–Crippen LogP) is 3.57. The molecule has 6 heteroatoms. The first-order valence-electron chi connectivity index (χ1n) is 7.82. The Bertz CT molecular complexity index is 678. The van der Waals surface area contributed by atoms with Gasteiger partial charge in [-0.1, -0.05) is 30.7 Å². The normalized spacial score (nSPS) is 15.7. The number of benzene rings is 1. The quantitative estimate of drug-likeness (QED) is 0.857. The summed E-state index contributed by atoms with van der Waals surface area (Å²) in [5.41, 5.74) is 0.382. The Hall–Kier alpha value is -2.01. The van der Waals surface area contributed by atoms with Gasteiger partial charge in [-0.15, -0.1) is 0 Å². The first-order chi connectivity index (χ1) is 11.2. The van der Waals surface area contributed by atoms with E-state index < -0.39 is 0 Å². The average Bonchev–Trinajstić information content (AvgIpc) is 3.06. The second-order valence-corrected chi connectivity index (χ2v) is 5.93. The van der Waals surface area contributed by atoms with Crippen LogP contribution < -0.4 is 4.74 Å². The smallest absolute Gasteiger partial charge is 0.275 e. The van der Waals surface area contributed by atoms with E-state index in [2.05, 4.69) is 4.98 Å². The molecule has 1 saturated heterocycles. The van der Waals surface area contributed by atoms with Crippen molar-refractivity contribution in [1.29, 1.82) is 0 Å². The van der Waals surface area contributed by atoms with E-state index in [-0.39, 0.29) is 12.0 Å². The number of hydrogen-bond acceptors (Lipinski definition) is 4. The molecule has 3 rings (SSSR count). The lowest BCUT2D eigenvalue weighted by molar-refractivity contribution is 0.0590. The number of aryl methyl sites for hydroxylation is 1. The topological polar surface area (TPSA) is 55.6 Å². The van der Waals surface area contributed by atoms with Crippen molar-refractivity contribution >= 4 is 17.5 Å². The Labute approximate surface area is 140 Å². The molecule has 5 nitrogen and oxygen atoms in total. The van der Waals surface area contributed by atoms with Gasteiger partial charge < -0.3 is 14.1 Å². The molecule has 122 valence electrons. The zero-order valence-corrected chi connectivity index (χ0v) is 13.8. The van der Waals surface area contributed by atoms with Gasteiger partial charge in [0, 0.05) is 32.4 Å². The van der Waals surface area contributed by atoms with Crippen LogP contribution in [0.25, 0.3) is 0 Å². The molecule has 0 radical (unpaired) electrons. The molecule has 1 aliphatic heterocycles. The van der Waals surface area contributed by atoms with Crippen LogP contribution in [0.3, 0.4) is 0 Å². The monoisotopic (exact) mass is 334 g/mol. The second-order valence-electron chi connectivity index (χ2n) is 5.52. The second kappa shape index (κ2) is 7.04. The summed E-state index contributed by atoms with van der Waals surface area (Å²) in [6.07, 6.45) is 3.74. The minimum absolute atomic E-state index is 0.0717. The number of oxazole rings is 1. The van der Waals surface area contributed by atoms with E-state index in [0.717, 1.165) is 12.8 Å². The van der Waals surface area contributed by atoms with Crippen LogP contribution in [0.15, 0.2) is 34.9 Å². The zero-order valence-electron chi connectivity index (χ0n) is 13.0. The van der Waals surface area contributed by atoms with Crippen molar-refractivity contribution in [2.75, 3.05) is 13.1 Å². The Morgan fingerprint density at radius 2 is 2.13 bits per heavy atom. The highest BCUT2D eigenvalue weighted by Gasteiger charge is 2.26. The summed E-state index contributed by atoms with van der Waals surface area (Å²) in [5, 5.41) is 0.612. The molecule has 0 N–H and O–H groups in total. The van der Waals surface area contributed by atoms with Gasteiger partial charge in [0.15, 0.2) is 11.6 Å². The Kier molecular flexibility index (Phi) is 4.86. The SMILES string of the molecule is CCc1nc(C(=O)N2CCC(Oc3ccccc3Cl)CC2)co1. The third kappa shape index (κ3) is 3.67. The van der Waals surface area contributed by atoms with Crippen molar-refractivity contribution in [2.24, 2.45) is 0 Å². The number of ether oxygens (including phenoxy) is 1. The Morgan fingerprint density at radius 3 is 2.78 bits per heavy atom. The van der Waals surface area contributed by atoms with Crippen LogP contribution in [0.2, 0.25) is 5.02 Å². The van der Waals surface area contributed by atoms with Crippen molar-refractivity contribution < 1.29 is 13.9 Å². The van der Waals surface area contributed by atoms with E-state index in [1.165, 1.54) is 6.26 Å². The molecular formula is C17H19ClN2O3. The van der Waals surface area contributed by atoms with Crippen molar-refractivity contribution in [3.8, 4) is 5.75 Å². The van der Waals surface area contributed by atoms with Crippen LogP contribution in [-0.2, 0) is 6.42 Å². The van der Waals surface area contributed by atoms with Crippen molar-refractivity contribution in [3.05, 3.63) is 47.1 Å². The van der Waals surface area contributed by atoms with Gasteiger partial charge in [0.05, 0.1) is 5.02 Å². The van der Waals surface area contributed by atoms with Gasteiger partial charge in [-0.2, -0.15) is 0 Å². The molecule has 0 unspecified atom stereocenters. The number of rotatable bonds is 4. The minimum Gasteiger partial charge on any atom is -0.489 e. The van der Waals surface area contributed by atoms with E-state index in [4.69, 9.17) is 20.8 Å². The lowest BCUT2D eigenvalue weighted by Crippen LogP contribution is -2.41. The largest absolute Gasteiger partial charge is 0.489 e. The van der Waals surface area contributed by atoms with Crippen LogP contribution in [0.5, 0.6) is 5.75 Å². The highest BCUT2D eigenvalue weighted by molar-refractivity contribution is 6.32. The molecule has 0 saturated carbocycles. The Balaban J connectivity index is 1.56. The Morgan fingerprint density at radius 1 is 1.39 bits per heavy atom. The number of para-hydroxylation sites is 1. The molecule has 1 aliphatic rings. The third-order valence-corrected chi connectivity index (χ3v) is 4.25. The molecule has 23 heavy (non-hydrogen) atoms. The van der Waals surface area contributed by atoms with Gasteiger partial charge in [-0.3, -0.25) is 4.79 Å². The fraction of sp³-hybridized carbons (Fsp3) is 0.412. The summed E-state index contributed by atoms with van der Waals surface area (Å²) in [4.78, 5) is 18.4. The van der Waals surface area contributed by atoms with Gasteiger partial charge >= 0.3 is 0 Å². The third-order valence-electron chi connectivity index (χ3n) is 3.93. The van der Waals surface area contributed by atoms with Crippen LogP contribution in [0, 0.1) is 0 Å². The highest BCUT2D eigenvalue weighted by Crippen LogP contribution is 2.27. The maximum Gasteiger partial charge on any atom is 0.275 e. The first kappa shape index (κ1) is 15.9. The molecule has 0 aliphatic carbocycles. The van der Waals surface area contributed by atoms with Crippen LogP contribution >= 0.6 is 11.6 Å². The number of hydrogen-bond donors (Lipinski definition) is 0. The number of carbonyl (C=O) groups is 1. The average molecular weight is 335 g/mol. The molecule has 0 bridgehead atoms. The van der Waals surface area contributed by atoms with E-state index >= 15 is 0 Å². The molecule has 1 fully saturated rings. The molecule has 0 spiro atoms. The molecule has 1 aromatic carbocycles. The molecule has 1 aromatic heterocycles. The standard InChI is InChI=1S/C17H19ClN2O3/c1-2-16-19-14(11-22-16)17(21)20-9-7-12(8-10-20)23-15-6-4-3-5-13(15)18/h3-6,11-12H,2,7-10H2,1H3. The predicted molar refractivity (Wildman–Crippen MR) is 86.9 cm³/mol. The fourth-order valence-electron chi connectivity index (χ4n) is 2.63. The fourth-order valence-corrected chi connectivity index (χ4v) is 2.81. The lowest BCUT2D eigenvalue weighted by atomic mass is 10.1. The summed E-state index contributed by atoms with van der Waals surface area (Å²) in [5.74, 6) is 1.21. The van der Waals surface area contributed by atoms with Gasteiger partial charge in [0.1, 0.15) is 18.1 Å². The van der Waals surface area contributed by atoms with Gasteiger partial charge in [-0.05, 0) is 12.1 Å². The number of amides is 1. The summed E-state index contributed by atoms with van der Waals surface area (Å²) < 4.78 is 11.2. The van der Waals surface area contributed by atoms with Gasteiger partial charge in [0.2, 0.25) is 0 Å². The molecule has 2 heterocycles. The van der Waals surface area contributed by atoms with E-state index in [1.807, 2.05) is 31.2 Å². The highest BCUT2D eigenvalue weighted by atomic mass is 35.5. The number of nitrogens with zero attached hydrogens (tertiary/aromatic N) is 2. The maximum atomic E-state index is 12.4. The number of halogens is 1. The van der Waals surface area contributed by atoms with Gasteiger partial charge in [-0.25, -0.2) is 4.98 Å². The molecule has 2 aromatic rings. The van der Waals surface area contributed by atoms with E-state index in [1.54, 1.807) is 4.90 Å². The van der Waals surface area contributed by atoms with Gasteiger partial charge in [0.25, 0.3) is 5.91 Å². The molecule has 1 amide bonds. The number of likely N-dealkylation sites (tertiary alicyclic amines) is 1. The number of piperidine rings is 1. The van der Waals surface area contributed by atoms with Crippen LogP contribution in [0.4, 0.5) is 0 Å². The van der Waals surface area contributed by atoms with Crippen LogP contribution in [0.1, 0.15) is 36.1 Å². The van der Waals surface area contributed by atoms with Crippen molar-refractivity contribution in [3.63, 3.8) is 0 Å². The minimum atomic E-state index is -0.0790. The summed E-state index contributed by atoms with van der Waals surface area (Å²) in [6, 6.07) is 7.45. The molecular weight excluding hydrogens is 316 g/mol. The van der Waals surface area contributed by atoms with Crippen LogP contribution in [-0.4, -0.2) is 35.0 Å². The molecule has 0 atom stereocenters.